The maximum Gasteiger partial charge on any atom is 0.322 e. The van der Waals surface area contributed by atoms with Gasteiger partial charge in [0, 0.05) is 28.7 Å². The van der Waals surface area contributed by atoms with Crippen LogP contribution in [0.3, 0.4) is 0 Å². The predicted molar refractivity (Wildman–Crippen MR) is 123 cm³/mol. The van der Waals surface area contributed by atoms with Gasteiger partial charge in [0.25, 0.3) is 5.91 Å². The molecule has 1 aliphatic rings. The summed E-state index contributed by atoms with van der Waals surface area (Å²) >= 11 is 0. The molecule has 1 fully saturated rings. The van der Waals surface area contributed by atoms with E-state index < -0.39 is 17.5 Å². The number of aromatic hydroxyl groups is 1. The van der Waals surface area contributed by atoms with Crippen LogP contribution in [0.1, 0.15) is 11.1 Å². The minimum atomic E-state index is -1.44. The summed E-state index contributed by atoms with van der Waals surface area (Å²) in [4.78, 5) is 29.5. The third-order valence-electron chi connectivity index (χ3n) is 5.98. The van der Waals surface area contributed by atoms with Crippen LogP contribution in [0.15, 0.2) is 67.0 Å². The summed E-state index contributed by atoms with van der Waals surface area (Å²) in [5, 5.41) is 26.4. The number of carbonyl (C=O) groups excluding carboxylic acids is 2. The van der Waals surface area contributed by atoms with Crippen LogP contribution >= 0.6 is 0 Å². The monoisotopic (exact) mass is 453 g/mol. The second kappa shape index (κ2) is 7.94. The normalized spacial score (nSPS) is 17.3. The summed E-state index contributed by atoms with van der Waals surface area (Å²) in [6, 6.07) is 17.1. The Labute approximate surface area is 194 Å². The number of hydrogen-bond donors (Lipinski definition) is 3. The minimum absolute atomic E-state index is 0.0328. The maximum absolute atomic E-state index is 13.0. The van der Waals surface area contributed by atoms with Crippen molar-refractivity contribution in [2.75, 3.05) is 7.11 Å². The quantitative estimate of drug-likeness (QED) is 0.399. The van der Waals surface area contributed by atoms with Gasteiger partial charge in [-0.25, -0.2) is 4.79 Å². The lowest BCUT2D eigenvalue weighted by Gasteiger charge is -2.27. The topological polar surface area (TPSA) is 129 Å². The molecule has 0 radical (unpaired) electrons. The number of carbonyl (C=O) groups is 2. The van der Waals surface area contributed by atoms with E-state index in [1.165, 1.54) is 4.57 Å². The van der Waals surface area contributed by atoms with Gasteiger partial charge in [0.05, 0.1) is 31.0 Å². The highest BCUT2D eigenvalue weighted by atomic mass is 16.5. The highest BCUT2D eigenvalue weighted by Gasteiger charge is 2.48. The lowest BCUT2D eigenvalue weighted by atomic mass is 9.88. The first kappa shape index (κ1) is 21.0. The third-order valence-corrected chi connectivity index (χ3v) is 5.98. The molecule has 2 aromatic heterocycles. The number of aromatic nitrogens is 2. The van der Waals surface area contributed by atoms with Crippen LogP contribution in [-0.2, 0) is 16.9 Å². The molecule has 4 aromatic rings. The first-order valence-electron chi connectivity index (χ1n) is 10.4. The fourth-order valence-corrected chi connectivity index (χ4v) is 4.21. The molecule has 0 unspecified atom stereocenters. The number of urea groups is 1. The number of fused-ring (bicyclic) bond motifs is 1. The van der Waals surface area contributed by atoms with Gasteiger partial charge in [0.2, 0.25) is 0 Å². The molecule has 0 spiro atoms. The number of amides is 3. The zero-order valence-corrected chi connectivity index (χ0v) is 18.1. The first-order chi connectivity index (χ1) is 16.4. The number of nitrogens with one attached hydrogen (secondary N) is 2. The lowest BCUT2D eigenvalue weighted by Crippen LogP contribution is -2.47. The minimum Gasteiger partial charge on any atom is -0.497 e. The van der Waals surface area contributed by atoms with Crippen LogP contribution < -0.4 is 15.4 Å². The van der Waals surface area contributed by atoms with Crippen molar-refractivity contribution in [3.05, 3.63) is 78.1 Å². The van der Waals surface area contributed by atoms with Gasteiger partial charge in [0.15, 0.2) is 11.4 Å². The second-order valence-corrected chi connectivity index (χ2v) is 7.97. The molecule has 3 N–H and O–H groups in total. The van der Waals surface area contributed by atoms with Crippen molar-refractivity contribution in [1.29, 1.82) is 5.26 Å². The van der Waals surface area contributed by atoms with Crippen LogP contribution in [0.2, 0.25) is 0 Å². The highest BCUT2D eigenvalue weighted by Crippen LogP contribution is 2.35. The second-order valence-electron chi connectivity index (χ2n) is 7.97. The lowest BCUT2D eigenvalue weighted by molar-refractivity contribution is -0.124. The largest absolute Gasteiger partial charge is 0.497 e. The van der Waals surface area contributed by atoms with E-state index in [-0.39, 0.29) is 12.4 Å². The molecule has 3 heterocycles. The molecule has 1 aliphatic heterocycles. The Hall–Kier alpha value is -4.84. The van der Waals surface area contributed by atoms with Gasteiger partial charge in [-0.15, -0.1) is 0 Å². The Morgan fingerprint density at radius 3 is 2.62 bits per heavy atom. The summed E-state index contributed by atoms with van der Waals surface area (Å²) in [7, 11) is 1.54. The molecule has 1 saturated heterocycles. The van der Waals surface area contributed by atoms with Crippen molar-refractivity contribution in [3.63, 3.8) is 0 Å². The van der Waals surface area contributed by atoms with Gasteiger partial charge in [0.1, 0.15) is 5.75 Å². The van der Waals surface area contributed by atoms with Crippen LogP contribution in [-0.4, -0.2) is 33.7 Å². The average Bonchev–Trinajstić information content (AvgIpc) is 3.33. The molecule has 0 aliphatic carbocycles. The van der Waals surface area contributed by atoms with Gasteiger partial charge in [-0.05, 0) is 35.9 Å². The Morgan fingerprint density at radius 1 is 1.15 bits per heavy atom. The first-order valence-corrected chi connectivity index (χ1v) is 10.4. The molecule has 3 amide bonds. The molecule has 34 heavy (non-hydrogen) atoms. The number of nitriles is 1. The number of pyridine rings is 1. The number of nitrogens with zero attached hydrogens (tertiary/aromatic N) is 3. The summed E-state index contributed by atoms with van der Waals surface area (Å²) in [5.41, 5.74) is 0.949. The fourth-order valence-electron chi connectivity index (χ4n) is 4.21. The highest BCUT2D eigenvalue weighted by molar-refractivity contribution is 6.07. The smallest absolute Gasteiger partial charge is 0.322 e. The molecule has 9 nitrogen and oxygen atoms in total. The molecule has 0 bridgehead atoms. The number of ether oxygens (including phenoxy) is 1. The number of hydrogen-bond acceptors (Lipinski definition) is 6. The van der Waals surface area contributed by atoms with E-state index >= 15 is 0 Å². The van der Waals surface area contributed by atoms with E-state index in [1.54, 1.807) is 68.0 Å². The van der Waals surface area contributed by atoms with Crippen LogP contribution in [0.4, 0.5) is 4.79 Å². The summed E-state index contributed by atoms with van der Waals surface area (Å²) in [5.74, 6) is 0.0211. The number of rotatable bonds is 5. The Bertz CT molecular complexity index is 1490. The van der Waals surface area contributed by atoms with Crippen molar-refractivity contribution < 1.29 is 19.4 Å². The van der Waals surface area contributed by atoms with Gasteiger partial charge in [-0.2, -0.15) is 5.26 Å². The zero-order valence-electron chi connectivity index (χ0n) is 18.1. The van der Waals surface area contributed by atoms with Crippen LogP contribution in [0, 0.1) is 11.3 Å². The zero-order chi connectivity index (χ0) is 23.9. The Balaban J connectivity index is 1.55. The fraction of sp³-hybridized carbons (Fsp3) is 0.120. The molecule has 0 saturated carbocycles. The van der Waals surface area contributed by atoms with E-state index in [9.17, 15) is 14.7 Å². The van der Waals surface area contributed by atoms with Gasteiger partial charge in [-0.3, -0.25) is 15.1 Å². The summed E-state index contributed by atoms with van der Waals surface area (Å²) in [6.07, 6.45) is 3.28. The van der Waals surface area contributed by atoms with Crippen molar-refractivity contribution in [1.82, 2.24) is 20.2 Å². The van der Waals surface area contributed by atoms with Crippen molar-refractivity contribution >= 4 is 22.7 Å². The molecular weight excluding hydrogens is 434 g/mol. The summed E-state index contributed by atoms with van der Waals surface area (Å²) < 4.78 is 6.77. The number of imide groups is 1. The van der Waals surface area contributed by atoms with Crippen molar-refractivity contribution in [2.45, 2.75) is 12.1 Å². The van der Waals surface area contributed by atoms with Gasteiger partial charge in [-0.1, -0.05) is 24.3 Å². The standard InChI is InChI=1S/C25H19N5O4/c1-34-19-7-4-17-13-30(22(31)20(17)11-19)14-25(23(32)28-24(33)29-25)18-5-2-16(3-6-18)21-10-15(12-26)8-9-27-21/h2-11,13,31H,14H2,1H3,(H2,28,29,32,33)/t25-/m0/s1. The number of methoxy groups -OCH3 is 1. The van der Waals surface area contributed by atoms with Crippen LogP contribution in [0.5, 0.6) is 11.6 Å². The number of benzene rings is 2. The molecule has 9 heteroatoms. The SMILES string of the molecule is COc1ccc2cn(C[C@@]3(c4ccc(-c5cc(C#N)ccn5)cc4)NC(=O)NC3=O)c(O)c2c1. The van der Waals surface area contributed by atoms with E-state index in [0.29, 0.717) is 28.0 Å². The van der Waals surface area contributed by atoms with E-state index in [1.807, 2.05) is 6.07 Å². The van der Waals surface area contributed by atoms with E-state index in [0.717, 1.165) is 10.9 Å². The average molecular weight is 453 g/mol. The van der Waals surface area contributed by atoms with E-state index in [4.69, 9.17) is 10.00 Å². The van der Waals surface area contributed by atoms with Crippen molar-refractivity contribution in [3.8, 4) is 29.0 Å². The predicted octanol–water partition coefficient (Wildman–Crippen LogP) is 3.02. The summed E-state index contributed by atoms with van der Waals surface area (Å²) in [6.45, 7) is -0.0328. The molecule has 2 aromatic carbocycles. The molecular formula is C25H19N5O4. The Morgan fingerprint density at radius 2 is 1.94 bits per heavy atom. The van der Waals surface area contributed by atoms with Gasteiger partial charge < -0.3 is 19.7 Å². The Kier molecular flexibility index (Phi) is 4.91. The maximum atomic E-state index is 13.0. The molecule has 168 valence electrons. The van der Waals surface area contributed by atoms with E-state index in [2.05, 4.69) is 21.7 Å². The van der Waals surface area contributed by atoms with Crippen LogP contribution in [0.25, 0.3) is 22.0 Å². The van der Waals surface area contributed by atoms with Crippen molar-refractivity contribution in [2.24, 2.45) is 0 Å². The van der Waals surface area contributed by atoms with Gasteiger partial charge >= 0.3 is 6.03 Å². The molecule has 1 atom stereocenters. The third kappa shape index (κ3) is 3.38. The molecule has 5 rings (SSSR count).